The third kappa shape index (κ3) is 4.31. The molecule has 0 aromatic heterocycles. The molecule has 2 saturated heterocycles. The number of carbonyl (C=O) groups excluding carboxylic acids is 2. The van der Waals surface area contributed by atoms with Crippen molar-refractivity contribution in [2.24, 2.45) is 11.8 Å². The zero-order chi connectivity index (χ0) is 19.6. The van der Waals surface area contributed by atoms with Gasteiger partial charge in [0.05, 0.1) is 23.5 Å². The molecule has 2 aliphatic rings. The Morgan fingerprint density at radius 1 is 1.37 bits per heavy atom. The second kappa shape index (κ2) is 7.95. The van der Waals surface area contributed by atoms with Crippen molar-refractivity contribution >= 4 is 27.5 Å². The van der Waals surface area contributed by atoms with Crippen molar-refractivity contribution in [1.82, 2.24) is 9.62 Å². The fourth-order valence-electron chi connectivity index (χ4n) is 3.49. The smallest absolute Gasteiger partial charge is 0.243 e. The van der Waals surface area contributed by atoms with E-state index in [1.807, 2.05) is 13.8 Å². The van der Waals surface area contributed by atoms with Gasteiger partial charge in [-0.25, -0.2) is 8.42 Å². The molecule has 27 heavy (non-hydrogen) atoms. The van der Waals surface area contributed by atoms with Crippen molar-refractivity contribution in [3.63, 3.8) is 0 Å². The first-order chi connectivity index (χ1) is 12.8. The van der Waals surface area contributed by atoms with Crippen molar-refractivity contribution < 1.29 is 22.7 Å². The van der Waals surface area contributed by atoms with E-state index in [0.717, 1.165) is 4.31 Å². The lowest BCUT2D eigenvalue weighted by molar-refractivity contribution is -0.123. The number of anilines is 1. The predicted molar refractivity (Wildman–Crippen MR) is 99.5 cm³/mol. The predicted octanol–water partition coefficient (Wildman–Crippen LogP) is 0.807. The van der Waals surface area contributed by atoms with Crippen LogP contribution in [0.2, 0.25) is 0 Å². The lowest BCUT2D eigenvalue weighted by atomic mass is 9.92. The summed E-state index contributed by atoms with van der Waals surface area (Å²) >= 11 is 0. The molecule has 0 spiro atoms. The summed E-state index contributed by atoms with van der Waals surface area (Å²) in [6, 6.07) is 6.13. The Bertz CT molecular complexity index is 824. The molecule has 2 amide bonds. The summed E-state index contributed by atoms with van der Waals surface area (Å²) in [5.74, 6) is -0.524. The van der Waals surface area contributed by atoms with Crippen molar-refractivity contribution in [2.75, 3.05) is 31.6 Å². The standard InChI is InChI=1S/C18H25N3O5S/c1-12(2)17-15(6-9-26-17)18(23)20-13-4-3-5-14(10-13)27(24,25)21-8-7-19-16(22)11-21/h3-5,10,12,15,17H,6-9,11H2,1-2H3,(H,19,22)(H,20,23)/t15-,17-/m0/s1. The molecule has 0 unspecified atom stereocenters. The Hall–Kier alpha value is -1.97. The zero-order valence-electron chi connectivity index (χ0n) is 15.5. The number of rotatable bonds is 5. The highest BCUT2D eigenvalue weighted by Gasteiger charge is 2.36. The highest BCUT2D eigenvalue weighted by molar-refractivity contribution is 7.89. The van der Waals surface area contributed by atoms with Gasteiger partial charge in [-0.1, -0.05) is 19.9 Å². The van der Waals surface area contributed by atoms with E-state index in [0.29, 0.717) is 18.7 Å². The van der Waals surface area contributed by atoms with Gasteiger partial charge in [0, 0.05) is 25.4 Å². The topological polar surface area (TPSA) is 105 Å². The number of piperazine rings is 1. The molecule has 2 heterocycles. The molecule has 148 valence electrons. The molecule has 1 aromatic carbocycles. The highest BCUT2D eigenvalue weighted by Crippen LogP contribution is 2.28. The lowest BCUT2D eigenvalue weighted by Gasteiger charge is -2.26. The van der Waals surface area contributed by atoms with Gasteiger partial charge in [-0.2, -0.15) is 4.31 Å². The second-order valence-corrected chi connectivity index (χ2v) is 9.12. The number of hydrogen-bond donors (Lipinski definition) is 2. The molecular weight excluding hydrogens is 370 g/mol. The van der Waals surface area contributed by atoms with Crippen LogP contribution in [0.5, 0.6) is 0 Å². The van der Waals surface area contributed by atoms with Crippen LogP contribution in [0.3, 0.4) is 0 Å². The van der Waals surface area contributed by atoms with Gasteiger partial charge in [0.25, 0.3) is 0 Å². The van der Waals surface area contributed by atoms with E-state index in [-0.39, 0.29) is 54.3 Å². The molecule has 2 N–H and O–H groups in total. The number of hydrogen-bond acceptors (Lipinski definition) is 5. The first kappa shape index (κ1) is 19.8. The van der Waals surface area contributed by atoms with Crippen molar-refractivity contribution in [3.8, 4) is 0 Å². The van der Waals surface area contributed by atoms with Crippen LogP contribution in [-0.4, -0.2) is 56.9 Å². The molecule has 0 bridgehead atoms. The number of ether oxygens (including phenoxy) is 1. The monoisotopic (exact) mass is 395 g/mol. The van der Waals surface area contributed by atoms with E-state index in [1.165, 1.54) is 12.1 Å². The Balaban J connectivity index is 1.75. The van der Waals surface area contributed by atoms with E-state index >= 15 is 0 Å². The third-order valence-corrected chi connectivity index (χ3v) is 6.71. The molecule has 1 aromatic rings. The first-order valence-corrected chi connectivity index (χ1v) is 10.5. The molecule has 2 aliphatic heterocycles. The Labute approximate surface area is 159 Å². The summed E-state index contributed by atoms with van der Waals surface area (Å²) in [7, 11) is -3.80. The van der Waals surface area contributed by atoms with Crippen LogP contribution < -0.4 is 10.6 Å². The summed E-state index contributed by atoms with van der Waals surface area (Å²) < 4.78 is 32.4. The number of amides is 2. The highest BCUT2D eigenvalue weighted by atomic mass is 32.2. The fourth-order valence-corrected chi connectivity index (χ4v) is 4.93. The van der Waals surface area contributed by atoms with Gasteiger partial charge in [-0.05, 0) is 30.5 Å². The molecule has 9 heteroatoms. The minimum Gasteiger partial charge on any atom is -0.377 e. The summed E-state index contributed by atoms with van der Waals surface area (Å²) in [6.07, 6.45) is 0.513. The van der Waals surface area contributed by atoms with Crippen molar-refractivity contribution in [3.05, 3.63) is 24.3 Å². The van der Waals surface area contributed by atoms with E-state index in [2.05, 4.69) is 10.6 Å². The minimum atomic E-state index is -3.80. The average molecular weight is 395 g/mol. The number of sulfonamides is 1. The van der Waals surface area contributed by atoms with Gasteiger partial charge in [-0.3, -0.25) is 9.59 Å². The Kier molecular flexibility index (Phi) is 5.83. The van der Waals surface area contributed by atoms with Gasteiger partial charge < -0.3 is 15.4 Å². The summed E-state index contributed by atoms with van der Waals surface area (Å²) in [6.45, 7) is 4.88. The maximum Gasteiger partial charge on any atom is 0.243 e. The lowest BCUT2D eigenvalue weighted by Crippen LogP contribution is -2.49. The van der Waals surface area contributed by atoms with E-state index in [4.69, 9.17) is 4.74 Å². The van der Waals surface area contributed by atoms with Crippen LogP contribution >= 0.6 is 0 Å². The molecule has 0 aliphatic carbocycles. The Morgan fingerprint density at radius 2 is 2.15 bits per heavy atom. The van der Waals surface area contributed by atoms with Crippen molar-refractivity contribution in [1.29, 1.82) is 0 Å². The fraction of sp³-hybridized carbons (Fsp3) is 0.556. The van der Waals surface area contributed by atoms with Crippen LogP contribution in [0.4, 0.5) is 5.69 Å². The maximum atomic E-state index is 12.8. The quantitative estimate of drug-likeness (QED) is 0.768. The van der Waals surface area contributed by atoms with Gasteiger partial charge in [-0.15, -0.1) is 0 Å². The molecule has 0 radical (unpaired) electrons. The summed E-state index contributed by atoms with van der Waals surface area (Å²) in [4.78, 5) is 24.2. The van der Waals surface area contributed by atoms with Crippen LogP contribution in [-0.2, 0) is 24.3 Å². The number of carbonyl (C=O) groups is 2. The molecule has 8 nitrogen and oxygen atoms in total. The molecule has 3 rings (SSSR count). The SMILES string of the molecule is CC(C)[C@@H]1OCC[C@@H]1C(=O)Nc1cccc(S(=O)(=O)N2CCNC(=O)C2)c1. The first-order valence-electron chi connectivity index (χ1n) is 9.08. The number of benzene rings is 1. The van der Waals surface area contributed by atoms with Crippen LogP contribution in [0, 0.1) is 11.8 Å². The van der Waals surface area contributed by atoms with Crippen LogP contribution in [0.25, 0.3) is 0 Å². The summed E-state index contributed by atoms with van der Waals surface area (Å²) in [5, 5.41) is 5.42. The number of nitrogens with zero attached hydrogens (tertiary/aromatic N) is 1. The summed E-state index contributed by atoms with van der Waals surface area (Å²) in [5.41, 5.74) is 0.414. The van der Waals surface area contributed by atoms with Crippen LogP contribution in [0.15, 0.2) is 29.2 Å². The van der Waals surface area contributed by atoms with Gasteiger partial charge >= 0.3 is 0 Å². The van der Waals surface area contributed by atoms with Gasteiger partial charge in [0.15, 0.2) is 0 Å². The third-order valence-electron chi connectivity index (χ3n) is 4.87. The second-order valence-electron chi connectivity index (χ2n) is 7.18. The molecular formula is C18H25N3O5S. The zero-order valence-corrected chi connectivity index (χ0v) is 16.3. The van der Waals surface area contributed by atoms with Gasteiger partial charge in [0.2, 0.25) is 21.8 Å². The van der Waals surface area contributed by atoms with Crippen LogP contribution in [0.1, 0.15) is 20.3 Å². The minimum absolute atomic E-state index is 0.0538. The maximum absolute atomic E-state index is 12.8. The number of nitrogens with one attached hydrogen (secondary N) is 2. The largest absolute Gasteiger partial charge is 0.377 e. The van der Waals surface area contributed by atoms with E-state index in [9.17, 15) is 18.0 Å². The molecule has 2 atom stereocenters. The van der Waals surface area contributed by atoms with Crippen molar-refractivity contribution in [2.45, 2.75) is 31.3 Å². The van der Waals surface area contributed by atoms with E-state index < -0.39 is 10.0 Å². The van der Waals surface area contributed by atoms with E-state index in [1.54, 1.807) is 12.1 Å². The normalized spacial score (nSPS) is 24.0. The Morgan fingerprint density at radius 3 is 2.85 bits per heavy atom. The molecule has 0 saturated carbocycles. The molecule has 2 fully saturated rings. The van der Waals surface area contributed by atoms with Gasteiger partial charge in [0.1, 0.15) is 0 Å². The average Bonchev–Trinajstić information content (AvgIpc) is 3.12.